The Morgan fingerprint density at radius 1 is 1.42 bits per heavy atom. The topological polar surface area (TPSA) is 48.7 Å². The number of hydrogen-bond acceptors (Lipinski definition) is 3. The number of nitriles is 1. The van der Waals surface area contributed by atoms with Gasteiger partial charge in [-0.3, -0.25) is 0 Å². The van der Waals surface area contributed by atoms with Crippen molar-refractivity contribution in [3.63, 3.8) is 0 Å². The van der Waals surface area contributed by atoms with Crippen molar-refractivity contribution >= 4 is 21.5 Å². The van der Waals surface area contributed by atoms with E-state index < -0.39 is 0 Å². The molecule has 0 spiro atoms. The zero-order chi connectivity index (χ0) is 13.2. The largest absolute Gasteiger partial charge is 0.310 e. The Bertz CT molecular complexity index is 559. The highest BCUT2D eigenvalue weighted by atomic mass is 79.9. The first-order valence-electron chi connectivity index (χ1n) is 6.79. The molecule has 3 rings (SSSR count). The van der Waals surface area contributed by atoms with Gasteiger partial charge < -0.3 is 5.32 Å². The Labute approximate surface area is 121 Å². The van der Waals surface area contributed by atoms with Gasteiger partial charge in [-0.2, -0.15) is 5.26 Å². The molecule has 1 aromatic rings. The monoisotopic (exact) mass is 317 g/mol. The Balaban J connectivity index is 1.96. The molecule has 0 radical (unpaired) electrons. The van der Waals surface area contributed by atoms with Gasteiger partial charge >= 0.3 is 0 Å². The van der Waals surface area contributed by atoms with Crippen LogP contribution in [0.5, 0.6) is 0 Å². The Morgan fingerprint density at radius 3 is 3.16 bits per heavy atom. The van der Waals surface area contributed by atoms with Gasteiger partial charge in [-0.25, -0.2) is 4.98 Å². The van der Waals surface area contributed by atoms with Crippen molar-refractivity contribution in [2.24, 2.45) is 5.92 Å². The molecular weight excluding hydrogens is 302 g/mol. The number of aromatic nitrogens is 1. The first kappa shape index (κ1) is 12.8. The standard InChI is InChI=1S/C15H16BrN3/c16-15-11(8-17)7-12(9-19-15)13-5-1-3-10-4-2-6-18-14(10)13/h5,7,9-10,14,18H,1-4,6H2. The summed E-state index contributed by atoms with van der Waals surface area (Å²) in [5.74, 6) is 0.739. The summed E-state index contributed by atoms with van der Waals surface area (Å²) in [6.07, 6.45) is 9.17. The average Bonchev–Trinajstić information content (AvgIpc) is 2.47. The minimum atomic E-state index is 0.442. The molecule has 98 valence electrons. The maximum atomic E-state index is 9.12. The molecule has 1 fully saturated rings. The lowest BCUT2D eigenvalue weighted by molar-refractivity contribution is 0.304. The van der Waals surface area contributed by atoms with Gasteiger partial charge in [-0.15, -0.1) is 0 Å². The van der Waals surface area contributed by atoms with E-state index in [9.17, 15) is 0 Å². The second-order valence-corrected chi connectivity index (χ2v) is 6.00. The predicted octanol–water partition coefficient (Wildman–Crippen LogP) is 3.26. The fourth-order valence-electron chi connectivity index (χ4n) is 3.19. The fraction of sp³-hybridized carbons (Fsp3) is 0.467. The summed E-state index contributed by atoms with van der Waals surface area (Å²) in [6.45, 7) is 1.09. The molecule has 1 aliphatic carbocycles. The van der Waals surface area contributed by atoms with Crippen LogP contribution in [0.25, 0.3) is 5.57 Å². The van der Waals surface area contributed by atoms with Crippen molar-refractivity contribution in [2.45, 2.75) is 31.7 Å². The van der Waals surface area contributed by atoms with Crippen LogP contribution in [0.1, 0.15) is 36.8 Å². The second-order valence-electron chi connectivity index (χ2n) is 5.25. The minimum absolute atomic E-state index is 0.442. The molecule has 2 aliphatic rings. The summed E-state index contributed by atoms with van der Waals surface area (Å²) in [6, 6.07) is 4.58. The molecule has 0 aromatic carbocycles. The van der Waals surface area contributed by atoms with Crippen LogP contribution in [-0.4, -0.2) is 17.6 Å². The minimum Gasteiger partial charge on any atom is -0.310 e. The summed E-state index contributed by atoms with van der Waals surface area (Å²) in [4.78, 5) is 4.29. The summed E-state index contributed by atoms with van der Waals surface area (Å²) in [5, 5.41) is 12.7. The summed E-state index contributed by atoms with van der Waals surface area (Å²) >= 11 is 3.31. The highest BCUT2D eigenvalue weighted by Crippen LogP contribution is 2.36. The molecule has 0 amide bonds. The number of nitrogens with one attached hydrogen (secondary N) is 1. The number of rotatable bonds is 1. The van der Waals surface area contributed by atoms with Gasteiger partial charge in [0.05, 0.1) is 5.56 Å². The molecule has 1 saturated heterocycles. The number of pyridine rings is 1. The van der Waals surface area contributed by atoms with Crippen LogP contribution in [0.15, 0.2) is 22.9 Å². The van der Waals surface area contributed by atoms with Crippen molar-refractivity contribution < 1.29 is 0 Å². The average molecular weight is 318 g/mol. The number of hydrogen-bond donors (Lipinski definition) is 1. The van der Waals surface area contributed by atoms with Gasteiger partial charge in [-0.05, 0) is 71.3 Å². The van der Waals surface area contributed by atoms with Crippen molar-refractivity contribution in [1.29, 1.82) is 5.26 Å². The van der Waals surface area contributed by atoms with Crippen molar-refractivity contribution in [3.05, 3.63) is 34.1 Å². The quantitative estimate of drug-likeness (QED) is 0.809. The summed E-state index contributed by atoms with van der Waals surface area (Å²) in [5.41, 5.74) is 3.02. The van der Waals surface area contributed by atoms with Crippen LogP contribution >= 0.6 is 15.9 Å². The highest BCUT2D eigenvalue weighted by Gasteiger charge is 2.30. The van der Waals surface area contributed by atoms with E-state index in [4.69, 9.17) is 5.26 Å². The number of allylic oxidation sites excluding steroid dienone is 1. The van der Waals surface area contributed by atoms with E-state index in [0.29, 0.717) is 16.2 Å². The highest BCUT2D eigenvalue weighted by molar-refractivity contribution is 9.10. The molecule has 4 heteroatoms. The Kier molecular flexibility index (Phi) is 3.67. The molecule has 1 aliphatic heterocycles. The summed E-state index contributed by atoms with van der Waals surface area (Å²) in [7, 11) is 0. The number of nitrogens with zero attached hydrogens (tertiary/aromatic N) is 2. The number of halogens is 1. The predicted molar refractivity (Wildman–Crippen MR) is 78.4 cm³/mol. The maximum absolute atomic E-state index is 9.12. The third kappa shape index (κ3) is 2.45. The van der Waals surface area contributed by atoms with Crippen LogP contribution in [0, 0.1) is 17.2 Å². The molecule has 1 aromatic heterocycles. The molecule has 0 saturated carbocycles. The van der Waals surface area contributed by atoms with Gasteiger partial charge in [0.15, 0.2) is 0 Å². The van der Waals surface area contributed by atoms with E-state index >= 15 is 0 Å². The van der Waals surface area contributed by atoms with E-state index in [1.165, 1.54) is 24.8 Å². The lowest BCUT2D eigenvalue weighted by atomic mass is 9.77. The Morgan fingerprint density at radius 2 is 2.32 bits per heavy atom. The lowest BCUT2D eigenvalue weighted by Gasteiger charge is -2.37. The number of fused-ring (bicyclic) bond motifs is 1. The van der Waals surface area contributed by atoms with Crippen molar-refractivity contribution in [2.75, 3.05) is 6.54 Å². The third-order valence-electron chi connectivity index (χ3n) is 4.12. The smallest absolute Gasteiger partial charge is 0.123 e. The van der Waals surface area contributed by atoms with E-state index in [-0.39, 0.29) is 0 Å². The van der Waals surface area contributed by atoms with Crippen LogP contribution < -0.4 is 5.32 Å². The molecule has 2 unspecified atom stereocenters. The fourth-order valence-corrected chi connectivity index (χ4v) is 3.50. The first-order valence-corrected chi connectivity index (χ1v) is 7.58. The van der Waals surface area contributed by atoms with E-state index in [0.717, 1.165) is 24.4 Å². The van der Waals surface area contributed by atoms with E-state index in [2.05, 4.69) is 38.4 Å². The van der Waals surface area contributed by atoms with Gasteiger partial charge in [0.25, 0.3) is 0 Å². The van der Waals surface area contributed by atoms with E-state index in [1.807, 2.05) is 12.3 Å². The second kappa shape index (κ2) is 5.44. The first-order chi connectivity index (χ1) is 9.29. The molecule has 1 N–H and O–H groups in total. The van der Waals surface area contributed by atoms with Crippen molar-refractivity contribution in [1.82, 2.24) is 10.3 Å². The summed E-state index contributed by atoms with van der Waals surface area (Å²) < 4.78 is 0.628. The SMILES string of the molecule is N#Cc1cc(C2=CCCC3CCCNC23)cnc1Br. The Hall–Kier alpha value is -1.18. The number of piperidine rings is 1. The van der Waals surface area contributed by atoms with Crippen LogP contribution in [0.2, 0.25) is 0 Å². The van der Waals surface area contributed by atoms with Crippen LogP contribution in [0.3, 0.4) is 0 Å². The van der Waals surface area contributed by atoms with E-state index in [1.54, 1.807) is 0 Å². The molecule has 2 atom stereocenters. The zero-order valence-corrected chi connectivity index (χ0v) is 12.3. The van der Waals surface area contributed by atoms with Gasteiger partial charge in [0.1, 0.15) is 10.7 Å². The van der Waals surface area contributed by atoms with Crippen molar-refractivity contribution in [3.8, 4) is 6.07 Å². The molecular formula is C15H16BrN3. The molecule has 2 heterocycles. The zero-order valence-electron chi connectivity index (χ0n) is 10.7. The molecule has 19 heavy (non-hydrogen) atoms. The maximum Gasteiger partial charge on any atom is 0.123 e. The third-order valence-corrected chi connectivity index (χ3v) is 4.75. The molecule has 0 bridgehead atoms. The normalized spacial score (nSPS) is 26.2. The molecule has 3 nitrogen and oxygen atoms in total. The van der Waals surface area contributed by atoms with Crippen LogP contribution in [-0.2, 0) is 0 Å². The van der Waals surface area contributed by atoms with Gasteiger partial charge in [0, 0.05) is 12.2 Å². The van der Waals surface area contributed by atoms with Gasteiger partial charge in [0.2, 0.25) is 0 Å². The van der Waals surface area contributed by atoms with Crippen LogP contribution in [0.4, 0.5) is 0 Å². The lowest BCUT2D eigenvalue weighted by Crippen LogP contribution is -2.43. The van der Waals surface area contributed by atoms with Gasteiger partial charge in [-0.1, -0.05) is 6.08 Å².